The summed E-state index contributed by atoms with van der Waals surface area (Å²) in [6.45, 7) is 5.99. The van der Waals surface area contributed by atoms with Crippen LogP contribution < -0.4 is 5.73 Å². The van der Waals surface area contributed by atoms with Crippen LogP contribution in [0.2, 0.25) is 0 Å². The van der Waals surface area contributed by atoms with E-state index >= 15 is 0 Å². The summed E-state index contributed by atoms with van der Waals surface area (Å²) < 4.78 is 0. The van der Waals surface area contributed by atoms with Crippen LogP contribution in [0.3, 0.4) is 0 Å². The van der Waals surface area contributed by atoms with Gasteiger partial charge in [-0.15, -0.1) is 0 Å². The zero-order valence-corrected chi connectivity index (χ0v) is 14.0. The first kappa shape index (κ1) is 17.0. The summed E-state index contributed by atoms with van der Waals surface area (Å²) in [6.07, 6.45) is 4.92. The van der Waals surface area contributed by atoms with Gasteiger partial charge in [-0.1, -0.05) is 50.6 Å². The maximum absolute atomic E-state index is 12.7. The Morgan fingerprint density at radius 2 is 2.00 bits per heavy atom. The molecule has 1 aromatic rings. The van der Waals surface area contributed by atoms with Crippen LogP contribution in [0, 0.1) is 11.8 Å². The highest BCUT2D eigenvalue weighted by Crippen LogP contribution is 2.27. The van der Waals surface area contributed by atoms with Crippen LogP contribution >= 0.6 is 0 Å². The normalized spacial score (nSPS) is 21.3. The van der Waals surface area contributed by atoms with Gasteiger partial charge in [0.05, 0.1) is 0 Å². The minimum absolute atomic E-state index is 0.221. The summed E-state index contributed by atoms with van der Waals surface area (Å²) in [5, 5.41) is 0. The number of carbonyl (C=O) groups is 1. The third-order valence-corrected chi connectivity index (χ3v) is 4.61. The van der Waals surface area contributed by atoms with Gasteiger partial charge in [-0.05, 0) is 36.7 Å². The number of hydrogen-bond acceptors (Lipinski definition) is 2. The van der Waals surface area contributed by atoms with Crippen molar-refractivity contribution in [3.8, 4) is 0 Å². The van der Waals surface area contributed by atoms with Crippen molar-refractivity contribution in [3.05, 3.63) is 35.9 Å². The molecule has 1 aliphatic rings. The molecule has 1 saturated carbocycles. The molecule has 1 aromatic carbocycles. The van der Waals surface area contributed by atoms with Crippen molar-refractivity contribution in [2.24, 2.45) is 17.6 Å². The van der Waals surface area contributed by atoms with E-state index in [4.69, 9.17) is 5.73 Å². The Kier molecular flexibility index (Phi) is 6.44. The van der Waals surface area contributed by atoms with E-state index in [0.29, 0.717) is 18.3 Å². The number of amides is 1. The number of nitrogens with two attached hydrogens (primary N) is 1. The van der Waals surface area contributed by atoms with Gasteiger partial charge in [0.15, 0.2) is 0 Å². The molecule has 0 bridgehead atoms. The molecule has 1 aliphatic carbocycles. The van der Waals surface area contributed by atoms with Crippen LogP contribution in [0.5, 0.6) is 0 Å². The second kappa shape index (κ2) is 8.33. The summed E-state index contributed by atoms with van der Waals surface area (Å²) in [6, 6.07) is 10.6. The van der Waals surface area contributed by atoms with Crippen molar-refractivity contribution in [1.82, 2.24) is 4.90 Å². The minimum atomic E-state index is 0.221. The summed E-state index contributed by atoms with van der Waals surface area (Å²) in [4.78, 5) is 14.7. The Morgan fingerprint density at radius 1 is 1.27 bits per heavy atom. The standard InChI is InChI=1S/C19H30N2O/c1-15(2)14-21(12-11-16-7-4-3-5-8-16)19(22)13-17-9-6-10-18(17)20/h3-5,7-8,15,17-18H,6,9-14,20H2,1-2H3/t17-,18+/m0/s1. The van der Waals surface area contributed by atoms with Gasteiger partial charge in [0.25, 0.3) is 0 Å². The predicted octanol–water partition coefficient (Wildman–Crippen LogP) is 3.23. The Balaban J connectivity index is 1.91. The lowest BCUT2D eigenvalue weighted by Gasteiger charge is -2.27. The summed E-state index contributed by atoms with van der Waals surface area (Å²) in [5.41, 5.74) is 7.42. The van der Waals surface area contributed by atoms with Gasteiger partial charge in [-0.2, -0.15) is 0 Å². The van der Waals surface area contributed by atoms with E-state index in [1.54, 1.807) is 0 Å². The van der Waals surface area contributed by atoms with Gasteiger partial charge < -0.3 is 10.6 Å². The molecule has 2 atom stereocenters. The molecule has 1 amide bonds. The molecule has 3 heteroatoms. The molecule has 0 aromatic heterocycles. The molecule has 0 unspecified atom stereocenters. The largest absolute Gasteiger partial charge is 0.342 e. The van der Waals surface area contributed by atoms with Crippen molar-refractivity contribution in [2.75, 3.05) is 13.1 Å². The number of nitrogens with zero attached hydrogens (tertiary/aromatic N) is 1. The molecular formula is C19H30N2O. The summed E-state index contributed by atoms with van der Waals surface area (Å²) >= 11 is 0. The Morgan fingerprint density at radius 3 is 2.59 bits per heavy atom. The third-order valence-electron chi connectivity index (χ3n) is 4.61. The van der Waals surface area contributed by atoms with Crippen LogP contribution in [0.25, 0.3) is 0 Å². The number of benzene rings is 1. The van der Waals surface area contributed by atoms with E-state index in [1.165, 1.54) is 12.0 Å². The fourth-order valence-electron chi connectivity index (χ4n) is 3.34. The van der Waals surface area contributed by atoms with Gasteiger partial charge in [0.1, 0.15) is 0 Å². The monoisotopic (exact) mass is 302 g/mol. The zero-order valence-electron chi connectivity index (χ0n) is 14.0. The maximum Gasteiger partial charge on any atom is 0.222 e. The molecule has 0 saturated heterocycles. The van der Waals surface area contributed by atoms with E-state index < -0.39 is 0 Å². The second-order valence-electron chi connectivity index (χ2n) is 7.03. The molecule has 1 fully saturated rings. The van der Waals surface area contributed by atoms with Crippen LogP contribution in [0.15, 0.2) is 30.3 Å². The number of rotatable bonds is 7. The van der Waals surface area contributed by atoms with Gasteiger partial charge in [0.2, 0.25) is 5.91 Å². The molecule has 0 spiro atoms. The molecule has 22 heavy (non-hydrogen) atoms. The van der Waals surface area contributed by atoms with Crippen molar-refractivity contribution in [3.63, 3.8) is 0 Å². The molecule has 2 rings (SSSR count). The van der Waals surface area contributed by atoms with E-state index in [1.807, 2.05) is 11.0 Å². The Labute approximate surface area is 134 Å². The minimum Gasteiger partial charge on any atom is -0.342 e. The summed E-state index contributed by atoms with van der Waals surface area (Å²) in [7, 11) is 0. The van der Waals surface area contributed by atoms with Crippen molar-refractivity contribution in [1.29, 1.82) is 0 Å². The smallest absolute Gasteiger partial charge is 0.222 e. The van der Waals surface area contributed by atoms with Crippen LogP contribution in [-0.4, -0.2) is 29.9 Å². The van der Waals surface area contributed by atoms with Crippen LogP contribution in [0.4, 0.5) is 0 Å². The highest BCUT2D eigenvalue weighted by atomic mass is 16.2. The highest BCUT2D eigenvalue weighted by molar-refractivity contribution is 5.76. The van der Waals surface area contributed by atoms with Gasteiger partial charge in [-0.25, -0.2) is 0 Å². The molecule has 0 radical (unpaired) electrons. The first-order valence-electron chi connectivity index (χ1n) is 8.63. The SMILES string of the molecule is CC(C)CN(CCc1ccccc1)C(=O)C[C@@H]1CCC[C@H]1N. The molecule has 0 heterocycles. The fraction of sp³-hybridized carbons (Fsp3) is 0.632. The molecule has 122 valence electrons. The van der Waals surface area contributed by atoms with Gasteiger partial charge in [-0.3, -0.25) is 4.79 Å². The lowest BCUT2D eigenvalue weighted by molar-refractivity contribution is -0.132. The molecule has 2 N–H and O–H groups in total. The number of carbonyl (C=O) groups excluding carboxylic acids is 1. The lowest BCUT2D eigenvalue weighted by Crippen LogP contribution is -2.38. The lowest BCUT2D eigenvalue weighted by atomic mass is 9.99. The fourth-order valence-corrected chi connectivity index (χ4v) is 3.34. The average molecular weight is 302 g/mol. The number of hydrogen-bond donors (Lipinski definition) is 1. The first-order valence-corrected chi connectivity index (χ1v) is 8.63. The quantitative estimate of drug-likeness (QED) is 0.840. The van der Waals surface area contributed by atoms with E-state index in [9.17, 15) is 4.79 Å². The Bertz CT molecular complexity index is 458. The maximum atomic E-state index is 12.7. The first-order chi connectivity index (χ1) is 10.6. The Hall–Kier alpha value is -1.35. The second-order valence-corrected chi connectivity index (χ2v) is 7.03. The highest BCUT2D eigenvalue weighted by Gasteiger charge is 2.28. The molecule has 3 nitrogen and oxygen atoms in total. The molecule has 0 aliphatic heterocycles. The van der Waals surface area contributed by atoms with E-state index in [2.05, 4.69) is 38.1 Å². The van der Waals surface area contributed by atoms with E-state index in [-0.39, 0.29) is 11.9 Å². The van der Waals surface area contributed by atoms with Gasteiger partial charge >= 0.3 is 0 Å². The molecular weight excluding hydrogens is 272 g/mol. The van der Waals surface area contributed by atoms with Crippen LogP contribution in [0.1, 0.15) is 45.1 Å². The topological polar surface area (TPSA) is 46.3 Å². The van der Waals surface area contributed by atoms with E-state index in [0.717, 1.165) is 32.4 Å². The van der Waals surface area contributed by atoms with Gasteiger partial charge in [0, 0.05) is 25.6 Å². The van der Waals surface area contributed by atoms with Crippen LogP contribution in [-0.2, 0) is 11.2 Å². The van der Waals surface area contributed by atoms with Crippen molar-refractivity contribution >= 4 is 5.91 Å². The predicted molar refractivity (Wildman–Crippen MR) is 91.5 cm³/mol. The van der Waals surface area contributed by atoms with Crippen molar-refractivity contribution < 1.29 is 4.79 Å². The average Bonchev–Trinajstić information content (AvgIpc) is 2.89. The van der Waals surface area contributed by atoms with Crippen molar-refractivity contribution in [2.45, 2.75) is 52.0 Å². The zero-order chi connectivity index (χ0) is 15.9. The summed E-state index contributed by atoms with van der Waals surface area (Å²) in [5.74, 6) is 1.17. The third kappa shape index (κ3) is 5.13.